The molecule has 0 saturated heterocycles. The van der Waals surface area contributed by atoms with Gasteiger partial charge in [0.2, 0.25) is 0 Å². The van der Waals surface area contributed by atoms with Gasteiger partial charge in [0.25, 0.3) is 5.91 Å². The molecule has 0 fully saturated rings. The summed E-state index contributed by atoms with van der Waals surface area (Å²) in [6.45, 7) is 3.21. The number of rotatable bonds is 5. The lowest BCUT2D eigenvalue weighted by molar-refractivity contribution is -0.158. The fourth-order valence-corrected chi connectivity index (χ4v) is 2.73. The Kier molecular flexibility index (Phi) is 5.52. The summed E-state index contributed by atoms with van der Waals surface area (Å²) in [5.41, 5.74) is 2.09. The molecule has 2 N–H and O–H groups in total. The smallest absolute Gasteiger partial charge is 0.355 e. The molecule has 2 rings (SSSR count). The quantitative estimate of drug-likeness (QED) is 0.868. The number of alkyl halides is 3. The number of hydrogen-bond acceptors (Lipinski definition) is 3. The van der Waals surface area contributed by atoms with Gasteiger partial charge in [-0.2, -0.15) is 18.3 Å². The highest BCUT2D eigenvalue weighted by atomic mass is 19.4. The van der Waals surface area contributed by atoms with Crippen molar-refractivity contribution in [3.05, 3.63) is 52.3 Å². The van der Waals surface area contributed by atoms with Gasteiger partial charge in [-0.05, 0) is 31.5 Å². The van der Waals surface area contributed by atoms with Gasteiger partial charge in [0.1, 0.15) is 6.04 Å². The maximum Gasteiger partial charge on any atom is 0.408 e. The van der Waals surface area contributed by atoms with Gasteiger partial charge in [-0.15, -0.1) is 0 Å². The Balaban J connectivity index is 2.20. The molecule has 0 spiro atoms. The van der Waals surface area contributed by atoms with Crippen LogP contribution in [0.3, 0.4) is 0 Å². The van der Waals surface area contributed by atoms with Crippen LogP contribution in [-0.2, 0) is 13.6 Å². The van der Waals surface area contributed by atoms with Crippen molar-refractivity contribution in [2.45, 2.75) is 32.6 Å². The average molecular weight is 354 g/mol. The van der Waals surface area contributed by atoms with Crippen molar-refractivity contribution in [2.75, 3.05) is 7.05 Å². The molecule has 0 aliphatic carbocycles. The Morgan fingerprint density at radius 2 is 1.84 bits per heavy atom. The van der Waals surface area contributed by atoms with Crippen LogP contribution < -0.4 is 10.6 Å². The fraction of sp³-hybridized carbons (Fsp3) is 0.412. The van der Waals surface area contributed by atoms with Crippen molar-refractivity contribution < 1.29 is 18.0 Å². The number of benzene rings is 1. The van der Waals surface area contributed by atoms with Crippen LogP contribution in [0.15, 0.2) is 24.3 Å². The number of hydrogen-bond donors (Lipinski definition) is 2. The van der Waals surface area contributed by atoms with Gasteiger partial charge in [0.05, 0.1) is 5.69 Å². The summed E-state index contributed by atoms with van der Waals surface area (Å²) >= 11 is 0. The van der Waals surface area contributed by atoms with Gasteiger partial charge in [0, 0.05) is 37.5 Å². The summed E-state index contributed by atoms with van der Waals surface area (Å²) in [7, 11) is 3.14. The lowest BCUT2D eigenvalue weighted by Gasteiger charge is -2.22. The minimum atomic E-state index is -4.44. The lowest BCUT2D eigenvalue weighted by Crippen LogP contribution is -2.34. The van der Waals surface area contributed by atoms with Crippen LogP contribution in [0.25, 0.3) is 0 Å². The Morgan fingerprint density at radius 3 is 2.28 bits per heavy atom. The highest BCUT2D eigenvalue weighted by Crippen LogP contribution is 2.36. The summed E-state index contributed by atoms with van der Waals surface area (Å²) in [6.07, 6.45) is -4.44. The van der Waals surface area contributed by atoms with Gasteiger partial charge in [0.15, 0.2) is 0 Å². The molecule has 1 atom stereocenters. The van der Waals surface area contributed by atoms with Crippen molar-refractivity contribution in [3.8, 4) is 0 Å². The first kappa shape index (κ1) is 19.0. The molecule has 1 aromatic heterocycles. The third-order valence-electron chi connectivity index (χ3n) is 4.13. The van der Waals surface area contributed by atoms with Crippen LogP contribution in [-0.4, -0.2) is 28.9 Å². The van der Waals surface area contributed by atoms with E-state index in [1.54, 1.807) is 45.2 Å². The molecule has 8 heteroatoms. The van der Waals surface area contributed by atoms with Gasteiger partial charge in [-0.3, -0.25) is 14.8 Å². The molecule has 0 bridgehead atoms. The number of carbonyl (C=O) groups is 1. The Morgan fingerprint density at radius 1 is 1.24 bits per heavy atom. The van der Waals surface area contributed by atoms with E-state index in [0.717, 1.165) is 0 Å². The SMILES string of the molecule is CNC(=O)c1ccc(CN[C@@H](c2c(C)nn(C)c2C)C(F)(F)F)cc1. The molecule has 1 heterocycles. The molecule has 0 radical (unpaired) electrons. The molecule has 0 aliphatic heterocycles. The third-order valence-corrected chi connectivity index (χ3v) is 4.13. The van der Waals surface area contributed by atoms with Crippen LogP contribution >= 0.6 is 0 Å². The van der Waals surface area contributed by atoms with Crippen molar-refractivity contribution >= 4 is 5.91 Å². The number of amides is 1. The van der Waals surface area contributed by atoms with E-state index in [9.17, 15) is 18.0 Å². The zero-order chi connectivity index (χ0) is 18.8. The van der Waals surface area contributed by atoms with E-state index in [2.05, 4.69) is 15.7 Å². The number of carbonyl (C=O) groups excluding carboxylic acids is 1. The molecule has 1 aromatic carbocycles. The summed E-state index contributed by atoms with van der Waals surface area (Å²) in [5, 5.41) is 9.14. The highest BCUT2D eigenvalue weighted by molar-refractivity contribution is 5.93. The second-order valence-electron chi connectivity index (χ2n) is 5.84. The summed E-state index contributed by atoms with van der Waals surface area (Å²) < 4.78 is 42.1. The molecular weight excluding hydrogens is 333 g/mol. The maximum atomic E-state index is 13.5. The maximum absolute atomic E-state index is 13.5. The van der Waals surface area contributed by atoms with E-state index in [4.69, 9.17) is 0 Å². The molecule has 1 amide bonds. The van der Waals surface area contributed by atoms with E-state index in [1.165, 1.54) is 11.7 Å². The molecule has 0 unspecified atom stereocenters. The van der Waals surface area contributed by atoms with Gasteiger partial charge < -0.3 is 5.32 Å². The number of halogens is 3. The number of nitrogens with zero attached hydrogens (tertiary/aromatic N) is 2. The summed E-state index contributed by atoms with van der Waals surface area (Å²) in [5.74, 6) is -0.241. The largest absolute Gasteiger partial charge is 0.408 e. The molecule has 5 nitrogen and oxygen atoms in total. The third kappa shape index (κ3) is 4.19. The zero-order valence-electron chi connectivity index (χ0n) is 14.5. The summed E-state index contributed by atoms with van der Waals surface area (Å²) in [6, 6.07) is 4.62. The minimum Gasteiger partial charge on any atom is -0.355 e. The van der Waals surface area contributed by atoms with E-state index < -0.39 is 12.2 Å². The van der Waals surface area contributed by atoms with Crippen molar-refractivity contribution in [1.82, 2.24) is 20.4 Å². The Bertz CT molecular complexity index is 750. The number of aryl methyl sites for hydroxylation is 2. The predicted molar refractivity (Wildman–Crippen MR) is 88.1 cm³/mol. The number of aromatic nitrogens is 2. The van der Waals surface area contributed by atoms with Crippen LogP contribution in [0.2, 0.25) is 0 Å². The molecule has 0 aliphatic rings. The minimum absolute atomic E-state index is 0.0198. The van der Waals surface area contributed by atoms with Crippen molar-refractivity contribution in [1.29, 1.82) is 0 Å². The normalized spacial score (nSPS) is 12.9. The average Bonchev–Trinajstić information content (AvgIpc) is 2.80. The molecular formula is C17H21F3N4O. The van der Waals surface area contributed by atoms with Crippen molar-refractivity contribution in [2.24, 2.45) is 7.05 Å². The standard InChI is InChI=1S/C17H21F3N4O/c1-10-14(11(2)24(4)23-10)15(17(18,19)20)22-9-12-5-7-13(8-6-12)16(25)21-3/h5-8,15,22H,9H2,1-4H3,(H,21,25)/t15-/m0/s1. The van der Waals surface area contributed by atoms with E-state index in [0.29, 0.717) is 22.5 Å². The van der Waals surface area contributed by atoms with Gasteiger partial charge >= 0.3 is 6.18 Å². The topological polar surface area (TPSA) is 59.0 Å². The fourth-order valence-electron chi connectivity index (χ4n) is 2.73. The van der Waals surface area contributed by atoms with E-state index in [1.807, 2.05) is 0 Å². The lowest BCUT2D eigenvalue weighted by atomic mass is 10.0. The first-order valence-corrected chi connectivity index (χ1v) is 7.76. The van der Waals surface area contributed by atoms with E-state index >= 15 is 0 Å². The molecule has 136 valence electrons. The number of nitrogens with one attached hydrogen (secondary N) is 2. The van der Waals surface area contributed by atoms with Crippen molar-refractivity contribution in [3.63, 3.8) is 0 Å². The van der Waals surface area contributed by atoms with Gasteiger partial charge in [-0.25, -0.2) is 0 Å². The molecule has 25 heavy (non-hydrogen) atoms. The van der Waals surface area contributed by atoms with Crippen LogP contribution in [0.4, 0.5) is 13.2 Å². The monoisotopic (exact) mass is 354 g/mol. The second kappa shape index (κ2) is 7.26. The van der Waals surface area contributed by atoms with Crippen LogP contribution in [0, 0.1) is 13.8 Å². The first-order chi connectivity index (χ1) is 11.6. The Hall–Kier alpha value is -2.35. The Labute approximate surface area is 144 Å². The zero-order valence-corrected chi connectivity index (χ0v) is 14.5. The van der Waals surface area contributed by atoms with Crippen LogP contribution in [0.5, 0.6) is 0 Å². The first-order valence-electron chi connectivity index (χ1n) is 7.76. The van der Waals surface area contributed by atoms with E-state index in [-0.39, 0.29) is 18.0 Å². The van der Waals surface area contributed by atoms with Gasteiger partial charge in [-0.1, -0.05) is 12.1 Å². The van der Waals surface area contributed by atoms with Crippen LogP contribution in [0.1, 0.15) is 38.9 Å². The predicted octanol–water partition coefficient (Wildman–Crippen LogP) is 2.79. The molecule has 0 saturated carbocycles. The molecule has 2 aromatic rings. The highest BCUT2D eigenvalue weighted by Gasteiger charge is 2.43. The summed E-state index contributed by atoms with van der Waals surface area (Å²) in [4.78, 5) is 11.5. The second-order valence-corrected chi connectivity index (χ2v) is 5.84.